The van der Waals surface area contributed by atoms with Crippen molar-refractivity contribution in [2.45, 2.75) is 17.4 Å². The Labute approximate surface area is 109 Å². The minimum atomic E-state index is -1.11. The summed E-state index contributed by atoms with van der Waals surface area (Å²) in [6, 6.07) is 7.24. The number of hydrogen-bond donors (Lipinski definition) is 2. The molecule has 0 spiro atoms. The third-order valence-corrected chi connectivity index (χ3v) is 3.49. The van der Waals surface area contributed by atoms with Gasteiger partial charge in [0.2, 0.25) is 0 Å². The van der Waals surface area contributed by atoms with Gasteiger partial charge in [0.15, 0.2) is 0 Å². The average molecular weight is 270 g/mol. The molecule has 5 nitrogen and oxygen atoms in total. The van der Waals surface area contributed by atoms with E-state index in [0.29, 0.717) is 11.5 Å². The summed E-state index contributed by atoms with van der Waals surface area (Å²) in [5.74, 6) is -1.09. The molecule has 0 aliphatic carbocycles. The minimum Gasteiger partial charge on any atom is -0.497 e. The molecular formula is C12H14O5S. The Morgan fingerprint density at radius 2 is 2.11 bits per heavy atom. The fourth-order valence-corrected chi connectivity index (χ4v) is 2.31. The average Bonchev–Trinajstić information content (AvgIpc) is 2.34. The van der Waals surface area contributed by atoms with Crippen LogP contribution in [0, 0.1) is 0 Å². The van der Waals surface area contributed by atoms with Gasteiger partial charge in [-0.1, -0.05) is 12.1 Å². The van der Waals surface area contributed by atoms with E-state index >= 15 is 0 Å². The molecule has 0 unspecified atom stereocenters. The number of methoxy groups -OCH3 is 1. The first-order valence-corrected chi connectivity index (χ1v) is 6.27. The smallest absolute Gasteiger partial charge is 0.317 e. The van der Waals surface area contributed by atoms with Crippen molar-refractivity contribution in [3.8, 4) is 5.75 Å². The van der Waals surface area contributed by atoms with Crippen molar-refractivity contribution >= 4 is 23.7 Å². The second-order valence-corrected chi connectivity index (χ2v) is 4.78. The molecule has 0 saturated carbocycles. The van der Waals surface area contributed by atoms with Gasteiger partial charge >= 0.3 is 11.9 Å². The number of ether oxygens (including phenoxy) is 1. The lowest BCUT2D eigenvalue weighted by Gasteiger charge is -2.10. The second kappa shape index (κ2) is 6.90. The quantitative estimate of drug-likeness (QED) is 0.786. The summed E-state index contributed by atoms with van der Waals surface area (Å²) in [6.07, 6.45) is -0.385. The Bertz CT molecular complexity index is 432. The number of rotatable bonds is 7. The van der Waals surface area contributed by atoms with Crippen LogP contribution in [-0.4, -0.2) is 34.5 Å². The second-order valence-electron chi connectivity index (χ2n) is 3.59. The lowest BCUT2D eigenvalue weighted by Crippen LogP contribution is -2.20. The lowest BCUT2D eigenvalue weighted by atomic mass is 10.2. The fraction of sp³-hybridized carbons (Fsp3) is 0.333. The van der Waals surface area contributed by atoms with E-state index in [1.807, 2.05) is 12.1 Å². The molecule has 6 heteroatoms. The van der Waals surface area contributed by atoms with Crippen molar-refractivity contribution in [1.29, 1.82) is 0 Å². The highest BCUT2D eigenvalue weighted by Gasteiger charge is 2.21. The van der Waals surface area contributed by atoms with Crippen LogP contribution in [-0.2, 0) is 15.3 Å². The molecule has 0 amide bonds. The Morgan fingerprint density at radius 1 is 1.39 bits per heavy atom. The molecule has 18 heavy (non-hydrogen) atoms. The summed E-state index contributed by atoms with van der Waals surface area (Å²) in [6.45, 7) is 0. The van der Waals surface area contributed by atoms with E-state index in [4.69, 9.17) is 14.9 Å². The zero-order valence-electron chi connectivity index (χ0n) is 9.83. The number of thioether (sulfide) groups is 1. The number of carboxylic acid groups (broad SMARTS) is 2. The van der Waals surface area contributed by atoms with Gasteiger partial charge in [0.25, 0.3) is 0 Å². The Morgan fingerprint density at radius 3 is 2.67 bits per heavy atom. The van der Waals surface area contributed by atoms with Crippen molar-refractivity contribution in [2.24, 2.45) is 0 Å². The summed E-state index contributed by atoms with van der Waals surface area (Å²) in [5, 5.41) is 16.6. The van der Waals surface area contributed by atoms with Crippen LogP contribution in [0.15, 0.2) is 24.3 Å². The third-order valence-electron chi connectivity index (χ3n) is 2.22. The van der Waals surface area contributed by atoms with Gasteiger partial charge in [-0.05, 0) is 17.7 Å². The van der Waals surface area contributed by atoms with Crippen LogP contribution < -0.4 is 4.74 Å². The molecule has 0 heterocycles. The van der Waals surface area contributed by atoms with Crippen LogP contribution >= 0.6 is 11.8 Å². The van der Waals surface area contributed by atoms with Gasteiger partial charge in [-0.15, -0.1) is 11.8 Å². The maximum atomic E-state index is 10.9. The van der Waals surface area contributed by atoms with Crippen LogP contribution in [0.2, 0.25) is 0 Å². The normalized spacial score (nSPS) is 11.8. The Kier molecular flexibility index (Phi) is 5.51. The van der Waals surface area contributed by atoms with Gasteiger partial charge in [0.05, 0.1) is 13.5 Å². The van der Waals surface area contributed by atoms with E-state index < -0.39 is 17.2 Å². The van der Waals surface area contributed by atoms with Gasteiger partial charge in [0.1, 0.15) is 11.0 Å². The standard InChI is InChI=1S/C12H14O5S/c1-17-9-4-2-3-8(5-9)7-18-10(12(15)16)6-11(13)14/h2-5,10H,6-7H2,1H3,(H,13,14)(H,15,16)/t10-/m0/s1. The van der Waals surface area contributed by atoms with E-state index in [9.17, 15) is 9.59 Å². The first-order chi connectivity index (χ1) is 8.52. The molecule has 98 valence electrons. The third kappa shape index (κ3) is 4.67. The highest BCUT2D eigenvalue weighted by atomic mass is 32.2. The largest absolute Gasteiger partial charge is 0.497 e. The molecule has 0 bridgehead atoms. The summed E-state index contributed by atoms with van der Waals surface area (Å²) in [4.78, 5) is 21.4. The number of hydrogen-bond acceptors (Lipinski definition) is 4. The lowest BCUT2D eigenvalue weighted by molar-refractivity contribution is -0.142. The number of carboxylic acids is 2. The van der Waals surface area contributed by atoms with E-state index in [-0.39, 0.29) is 6.42 Å². The van der Waals surface area contributed by atoms with Gasteiger partial charge in [-0.3, -0.25) is 9.59 Å². The molecule has 1 aromatic rings. The van der Waals surface area contributed by atoms with Gasteiger partial charge in [-0.2, -0.15) is 0 Å². The van der Waals surface area contributed by atoms with Crippen molar-refractivity contribution in [1.82, 2.24) is 0 Å². The van der Waals surface area contributed by atoms with Crippen LogP contribution in [0.5, 0.6) is 5.75 Å². The van der Waals surface area contributed by atoms with Crippen molar-refractivity contribution in [3.63, 3.8) is 0 Å². The number of benzene rings is 1. The summed E-state index contributed by atoms with van der Waals surface area (Å²) >= 11 is 1.09. The van der Waals surface area contributed by atoms with E-state index in [1.54, 1.807) is 19.2 Å². The molecule has 1 rings (SSSR count). The molecule has 2 N–H and O–H groups in total. The minimum absolute atomic E-state index is 0.385. The van der Waals surface area contributed by atoms with Crippen molar-refractivity contribution in [3.05, 3.63) is 29.8 Å². The van der Waals surface area contributed by atoms with Crippen molar-refractivity contribution < 1.29 is 24.5 Å². The SMILES string of the molecule is COc1cccc(CS[C@@H](CC(=O)O)C(=O)O)c1. The van der Waals surface area contributed by atoms with Crippen LogP contribution in [0.25, 0.3) is 0 Å². The molecule has 0 aliphatic heterocycles. The summed E-state index contributed by atoms with van der Waals surface area (Å²) < 4.78 is 5.05. The predicted molar refractivity (Wildman–Crippen MR) is 68.0 cm³/mol. The van der Waals surface area contributed by atoms with Gasteiger partial charge in [0, 0.05) is 5.75 Å². The maximum absolute atomic E-state index is 10.9. The molecule has 0 saturated heterocycles. The van der Waals surface area contributed by atoms with E-state index in [1.165, 1.54) is 0 Å². The van der Waals surface area contributed by atoms with E-state index in [2.05, 4.69) is 0 Å². The highest BCUT2D eigenvalue weighted by Crippen LogP contribution is 2.23. The molecule has 0 aliphatic rings. The first kappa shape index (κ1) is 14.4. The van der Waals surface area contributed by atoms with Gasteiger partial charge < -0.3 is 14.9 Å². The highest BCUT2D eigenvalue weighted by molar-refractivity contribution is 7.99. The zero-order chi connectivity index (χ0) is 13.5. The predicted octanol–water partition coefficient (Wildman–Crippen LogP) is 1.86. The van der Waals surface area contributed by atoms with E-state index in [0.717, 1.165) is 17.3 Å². The monoisotopic (exact) mass is 270 g/mol. The Hall–Kier alpha value is -1.69. The molecule has 1 atom stereocenters. The zero-order valence-corrected chi connectivity index (χ0v) is 10.6. The van der Waals surface area contributed by atoms with Gasteiger partial charge in [-0.25, -0.2) is 0 Å². The number of carbonyl (C=O) groups is 2. The maximum Gasteiger partial charge on any atom is 0.317 e. The molecule has 0 radical (unpaired) electrons. The van der Waals surface area contributed by atoms with Crippen LogP contribution in [0.3, 0.4) is 0 Å². The van der Waals surface area contributed by atoms with Crippen LogP contribution in [0.1, 0.15) is 12.0 Å². The van der Waals surface area contributed by atoms with Crippen molar-refractivity contribution in [2.75, 3.05) is 7.11 Å². The Balaban J connectivity index is 2.60. The molecular weight excluding hydrogens is 256 g/mol. The molecule has 0 aromatic heterocycles. The summed E-state index contributed by atoms with van der Waals surface area (Å²) in [7, 11) is 1.55. The van der Waals surface area contributed by atoms with Crippen LogP contribution in [0.4, 0.5) is 0 Å². The molecule has 0 fully saturated rings. The molecule has 1 aromatic carbocycles. The fourth-order valence-electron chi connectivity index (χ4n) is 1.34. The summed E-state index contributed by atoms with van der Waals surface area (Å²) in [5.41, 5.74) is 0.899. The first-order valence-electron chi connectivity index (χ1n) is 5.22. The number of aliphatic carboxylic acids is 2. The topological polar surface area (TPSA) is 83.8 Å².